The van der Waals surface area contributed by atoms with E-state index in [9.17, 15) is 14.4 Å². The zero-order chi connectivity index (χ0) is 23.3. The lowest BCUT2D eigenvalue weighted by molar-refractivity contribution is -0.149. The van der Waals surface area contributed by atoms with Gasteiger partial charge in [0, 0.05) is 19.2 Å². The Morgan fingerprint density at radius 2 is 1.75 bits per heavy atom. The molecular formula is C25H28N4O3. The first-order valence-electron chi connectivity index (χ1n) is 10.4. The highest BCUT2D eigenvalue weighted by Gasteiger charge is 2.27. The standard InChI is InChI=1S/C25H28N4O3/c1-4-5-6-17(2)20-11-12-21(26)22(13-20)27-25(32)19-9-7-18(8-10-19)14-29-16-23(30)28(3)15-24(29)31/h4-13H,14-16,26H2,1-3H3,(H,27,32)/b5-4-,17-6+. The fourth-order valence-electron chi connectivity index (χ4n) is 3.33. The third-order valence-corrected chi connectivity index (χ3v) is 5.36. The van der Waals surface area contributed by atoms with E-state index in [-0.39, 0.29) is 30.8 Å². The van der Waals surface area contributed by atoms with Crippen molar-refractivity contribution in [1.82, 2.24) is 9.80 Å². The average molecular weight is 433 g/mol. The van der Waals surface area contributed by atoms with Gasteiger partial charge in [-0.15, -0.1) is 0 Å². The molecule has 2 aromatic carbocycles. The SMILES string of the molecule is C/C=C\C=C(/C)c1ccc(N)c(NC(=O)c2ccc(CN3CC(=O)N(C)CC3=O)cc2)c1. The summed E-state index contributed by atoms with van der Waals surface area (Å²) in [6.45, 7) is 4.42. The minimum Gasteiger partial charge on any atom is -0.397 e. The third kappa shape index (κ3) is 5.43. The molecule has 3 amide bonds. The summed E-state index contributed by atoms with van der Waals surface area (Å²) < 4.78 is 0. The Morgan fingerprint density at radius 3 is 2.44 bits per heavy atom. The monoisotopic (exact) mass is 432 g/mol. The Balaban J connectivity index is 1.69. The molecular weight excluding hydrogens is 404 g/mol. The predicted octanol–water partition coefficient (Wildman–Crippen LogP) is 3.30. The molecule has 32 heavy (non-hydrogen) atoms. The number of benzene rings is 2. The number of nitrogens with zero attached hydrogens (tertiary/aromatic N) is 2. The molecule has 0 saturated carbocycles. The number of hydrogen-bond donors (Lipinski definition) is 2. The van der Waals surface area contributed by atoms with Gasteiger partial charge in [0.2, 0.25) is 11.8 Å². The summed E-state index contributed by atoms with van der Waals surface area (Å²) in [7, 11) is 1.62. The van der Waals surface area contributed by atoms with Crippen molar-refractivity contribution in [2.75, 3.05) is 31.2 Å². The quantitative estimate of drug-likeness (QED) is 0.541. The van der Waals surface area contributed by atoms with Crippen molar-refractivity contribution in [3.8, 4) is 0 Å². The van der Waals surface area contributed by atoms with Gasteiger partial charge in [-0.3, -0.25) is 14.4 Å². The van der Waals surface area contributed by atoms with Gasteiger partial charge in [0.05, 0.1) is 17.9 Å². The van der Waals surface area contributed by atoms with E-state index in [1.807, 2.05) is 44.2 Å². The maximum absolute atomic E-state index is 12.7. The zero-order valence-electron chi connectivity index (χ0n) is 18.6. The molecule has 0 unspecified atom stereocenters. The third-order valence-electron chi connectivity index (χ3n) is 5.36. The molecule has 1 fully saturated rings. The van der Waals surface area contributed by atoms with E-state index in [1.54, 1.807) is 37.4 Å². The summed E-state index contributed by atoms with van der Waals surface area (Å²) in [4.78, 5) is 39.7. The van der Waals surface area contributed by atoms with Crippen LogP contribution in [0.2, 0.25) is 0 Å². The van der Waals surface area contributed by atoms with Crippen LogP contribution in [0.1, 0.15) is 35.3 Å². The Hall–Kier alpha value is -3.87. The van der Waals surface area contributed by atoms with Gasteiger partial charge in [0.15, 0.2) is 0 Å². The van der Waals surface area contributed by atoms with Gasteiger partial charge in [0.1, 0.15) is 6.54 Å². The van der Waals surface area contributed by atoms with Crippen LogP contribution in [0.3, 0.4) is 0 Å². The predicted molar refractivity (Wildman–Crippen MR) is 127 cm³/mol. The Labute approximate surface area is 188 Å². The fourth-order valence-corrected chi connectivity index (χ4v) is 3.33. The molecule has 7 nitrogen and oxygen atoms in total. The van der Waals surface area contributed by atoms with Gasteiger partial charge >= 0.3 is 0 Å². The zero-order valence-corrected chi connectivity index (χ0v) is 18.6. The molecule has 166 valence electrons. The number of nitrogens with two attached hydrogens (primary N) is 1. The van der Waals surface area contributed by atoms with E-state index in [0.29, 0.717) is 23.5 Å². The molecule has 1 aliphatic heterocycles. The number of carbonyl (C=O) groups excluding carboxylic acids is 3. The van der Waals surface area contributed by atoms with Crippen molar-refractivity contribution in [3.05, 3.63) is 77.4 Å². The summed E-state index contributed by atoms with van der Waals surface area (Å²) in [6, 6.07) is 12.5. The number of carbonyl (C=O) groups is 3. The van der Waals surface area contributed by atoms with E-state index >= 15 is 0 Å². The molecule has 3 rings (SSSR count). The normalized spacial score (nSPS) is 14.9. The molecule has 2 aromatic rings. The minimum atomic E-state index is -0.277. The van der Waals surface area contributed by atoms with Gasteiger partial charge < -0.3 is 20.9 Å². The molecule has 0 aromatic heterocycles. The van der Waals surface area contributed by atoms with E-state index in [2.05, 4.69) is 5.32 Å². The lowest BCUT2D eigenvalue weighted by Crippen LogP contribution is -2.51. The van der Waals surface area contributed by atoms with Crippen LogP contribution in [0, 0.1) is 0 Å². The molecule has 0 radical (unpaired) electrons. The molecule has 7 heteroatoms. The Bertz CT molecular complexity index is 1090. The molecule has 0 aliphatic carbocycles. The van der Waals surface area contributed by atoms with E-state index in [0.717, 1.165) is 16.7 Å². The number of rotatable bonds is 6. The van der Waals surface area contributed by atoms with Crippen LogP contribution in [-0.4, -0.2) is 47.7 Å². The van der Waals surface area contributed by atoms with Crippen LogP contribution in [0.4, 0.5) is 11.4 Å². The van der Waals surface area contributed by atoms with E-state index < -0.39 is 0 Å². The number of amides is 3. The van der Waals surface area contributed by atoms with Crippen LogP contribution in [0.5, 0.6) is 0 Å². The first kappa shape index (κ1) is 22.8. The van der Waals surface area contributed by atoms with Gasteiger partial charge in [-0.05, 0) is 54.8 Å². The van der Waals surface area contributed by atoms with Gasteiger partial charge in [-0.1, -0.05) is 36.4 Å². The second kappa shape index (κ2) is 9.96. The highest BCUT2D eigenvalue weighted by Crippen LogP contribution is 2.25. The lowest BCUT2D eigenvalue weighted by Gasteiger charge is -2.31. The second-order valence-electron chi connectivity index (χ2n) is 7.83. The summed E-state index contributed by atoms with van der Waals surface area (Å²) in [5.41, 5.74) is 10.4. The minimum absolute atomic E-state index is 0.0646. The van der Waals surface area contributed by atoms with Crippen molar-refractivity contribution in [2.24, 2.45) is 0 Å². The van der Waals surface area contributed by atoms with Crippen molar-refractivity contribution < 1.29 is 14.4 Å². The van der Waals surface area contributed by atoms with Crippen LogP contribution in [-0.2, 0) is 16.1 Å². The van der Waals surface area contributed by atoms with Crippen LogP contribution in [0.25, 0.3) is 5.57 Å². The maximum Gasteiger partial charge on any atom is 0.255 e. The summed E-state index contributed by atoms with van der Waals surface area (Å²) >= 11 is 0. The molecule has 0 spiro atoms. The number of likely N-dealkylation sites (N-methyl/N-ethyl adjacent to an activating group) is 1. The number of anilines is 2. The van der Waals surface area contributed by atoms with Crippen molar-refractivity contribution in [2.45, 2.75) is 20.4 Å². The smallest absolute Gasteiger partial charge is 0.255 e. The van der Waals surface area contributed by atoms with Gasteiger partial charge in [0.25, 0.3) is 5.91 Å². The Kier molecular flexibility index (Phi) is 7.10. The molecule has 1 heterocycles. The second-order valence-corrected chi connectivity index (χ2v) is 7.83. The summed E-state index contributed by atoms with van der Waals surface area (Å²) in [5.74, 6) is -0.458. The maximum atomic E-state index is 12.7. The first-order valence-corrected chi connectivity index (χ1v) is 10.4. The average Bonchev–Trinajstić information content (AvgIpc) is 2.77. The topological polar surface area (TPSA) is 95.7 Å². The molecule has 0 atom stereocenters. The van der Waals surface area contributed by atoms with Crippen LogP contribution >= 0.6 is 0 Å². The van der Waals surface area contributed by atoms with Crippen LogP contribution < -0.4 is 11.1 Å². The lowest BCUT2D eigenvalue weighted by atomic mass is 10.0. The first-order chi connectivity index (χ1) is 15.3. The van der Waals surface area contributed by atoms with Crippen molar-refractivity contribution in [1.29, 1.82) is 0 Å². The number of nitrogen functional groups attached to an aromatic ring is 1. The Morgan fingerprint density at radius 1 is 1.06 bits per heavy atom. The number of allylic oxidation sites excluding steroid dienone is 4. The van der Waals surface area contributed by atoms with Crippen molar-refractivity contribution in [3.63, 3.8) is 0 Å². The fraction of sp³-hybridized carbons (Fsp3) is 0.240. The molecule has 1 saturated heterocycles. The van der Waals surface area contributed by atoms with E-state index in [4.69, 9.17) is 5.73 Å². The largest absolute Gasteiger partial charge is 0.397 e. The molecule has 1 aliphatic rings. The van der Waals surface area contributed by atoms with Crippen LogP contribution in [0.15, 0.2) is 60.7 Å². The van der Waals surface area contributed by atoms with E-state index in [1.165, 1.54) is 9.80 Å². The number of hydrogen-bond acceptors (Lipinski definition) is 4. The summed E-state index contributed by atoms with van der Waals surface area (Å²) in [5, 5.41) is 2.87. The van der Waals surface area contributed by atoms with Gasteiger partial charge in [-0.2, -0.15) is 0 Å². The number of nitrogens with one attached hydrogen (secondary N) is 1. The number of piperazine rings is 1. The van der Waals surface area contributed by atoms with Crippen molar-refractivity contribution >= 4 is 34.7 Å². The highest BCUT2D eigenvalue weighted by atomic mass is 16.2. The molecule has 3 N–H and O–H groups in total. The molecule has 0 bridgehead atoms. The summed E-state index contributed by atoms with van der Waals surface area (Å²) in [6.07, 6.45) is 5.90. The highest BCUT2D eigenvalue weighted by molar-refractivity contribution is 6.06. The van der Waals surface area contributed by atoms with Gasteiger partial charge in [-0.25, -0.2) is 0 Å².